The number of amides is 2. The number of carbonyl (C=O) groups is 2. The van der Waals surface area contributed by atoms with Gasteiger partial charge in [0.1, 0.15) is 0 Å². The van der Waals surface area contributed by atoms with Crippen molar-refractivity contribution >= 4 is 44.5 Å². The van der Waals surface area contributed by atoms with E-state index in [4.69, 9.17) is 5.11 Å². The van der Waals surface area contributed by atoms with E-state index in [2.05, 4.69) is 26.2 Å². The zero-order chi connectivity index (χ0) is 16.4. The number of anilines is 1. The standard InChI is InChI=1S/C16H16BrN3O3/c17-12-7-10-3-1-5-13(14(10)18-8-12)19-16(23)20-6-2-4-11(9-20)15(21)22/h1,3,5,7-8,11H,2,4,6,9H2,(H,19,23)(H,21,22). The van der Waals surface area contributed by atoms with Crippen molar-refractivity contribution in [3.63, 3.8) is 0 Å². The summed E-state index contributed by atoms with van der Waals surface area (Å²) in [6, 6.07) is 7.21. The van der Waals surface area contributed by atoms with E-state index in [1.807, 2.05) is 18.2 Å². The molecule has 1 unspecified atom stereocenters. The van der Waals surface area contributed by atoms with Gasteiger partial charge in [0.15, 0.2) is 0 Å². The average Bonchev–Trinajstić information content (AvgIpc) is 2.54. The topological polar surface area (TPSA) is 82.5 Å². The number of pyridine rings is 1. The normalized spacial score (nSPS) is 18.0. The summed E-state index contributed by atoms with van der Waals surface area (Å²) in [6.07, 6.45) is 2.99. The summed E-state index contributed by atoms with van der Waals surface area (Å²) >= 11 is 3.38. The van der Waals surface area contributed by atoms with E-state index in [-0.39, 0.29) is 12.6 Å². The number of benzene rings is 1. The number of urea groups is 1. The molecule has 1 aromatic heterocycles. The molecule has 1 fully saturated rings. The van der Waals surface area contributed by atoms with Gasteiger partial charge < -0.3 is 15.3 Å². The average molecular weight is 378 g/mol. The number of carboxylic acid groups (broad SMARTS) is 1. The highest BCUT2D eigenvalue weighted by Gasteiger charge is 2.28. The number of halogens is 1. The first-order chi connectivity index (χ1) is 11.0. The number of fused-ring (bicyclic) bond motifs is 1. The summed E-state index contributed by atoms with van der Waals surface area (Å²) in [5.74, 6) is -1.34. The lowest BCUT2D eigenvalue weighted by atomic mass is 9.99. The van der Waals surface area contributed by atoms with Gasteiger partial charge in [0, 0.05) is 29.1 Å². The lowest BCUT2D eigenvalue weighted by molar-refractivity contribution is -0.143. The van der Waals surface area contributed by atoms with E-state index in [1.54, 1.807) is 17.2 Å². The van der Waals surface area contributed by atoms with Crippen LogP contribution < -0.4 is 5.32 Å². The van der Waals surface area contributed by atoms with Crippen molar-refractivity contribution in [2.45, 2.75) is 12.8 Å². The number of nitrogens with one attached hydrogen (secondary N) is 1. The molecule has 3 rings (SSSR count). The second kappa shape index (κ2) is 6.54. The Morgan fingerprint density at radius 2 is 2.22 bits per heavy atom. The van der Waals surface area contributed by atoms with Crippen LogP contribution in [0, 0.1) is 5.92 Å². The Morgan fingerprint density at radius 3 is 3.00 bits per heavy atom. The van der Waals surface area contributed by atoms with Gasteiger partial charge in [-0.2, -0.15) is 0 Å². The van der Waals surface area contributed by atoms with Gasteiger partial charge in [-0.05, 0) is 40.9 Å². The zero-order valence-corrected chi connectivity index (χ0v) is 13.9. The van der Waals surface area contributed by atoms with Gasteiger partial charge in [0.25, 0.3) is 0 Å². The monoisotopic (exact) mass is 377 g/mol. The van der Waals surface area contributed by atoms with Crippen molar-refractivity contribution in [3.05, 3.63) is 34.9 Å². The number of nitrogens with zero attached hydrogens (tertiary/aromatic N) is 2. The van der Waals surface area contributed by atoms with Crippen LogP contribution in [0.25, 0.3) is 10.9 Å². The third kappa shape index (κ3) is 3.44. The number of carboxylic acids is 1. The quantitative estimate of drug-likeness (QED) is 0.840. The maximum atomic E-state index is 12.4. The number of likely N-dealkylation sites (tertiary alicyclic amines) is 1. The third-order valence-corrected chi connectivity index (χ3v) is 4.41. The Bertz CT molecular complexity index is 765. The molecule has 0 aliphatic carbocycles. The molecule has 0 radical (unpaired) electrons. The first-order valence-electron chi connectivity index (χ1n) is 7.37. The minimum Gasteiger partial charge on any atom is -0.481 e. The van der Waals surface area contributed by atoms with E-state index in [0.29, 0.717) is 30.6 Å². The van der Waals surface area contributed by atoms with Crippen molar-refractivity contribution in [1.29, 1.82) is 0 Å². The molecule has 1 aliphatic rings. The molecular weight excluding hydrogens is 362 g/mol. The summed E-state index contributed by atoms with van der Waals surface area (Å²) in [5.41, 5.74) is 1.33. The Kier molecular flexibility index (Phi) is 4.47. The highest BCUT2D eigenvalue weighted by Crippen LogP contribution is 2.25. The van der Waals surface area contributed by atoms with Crippen molar-refractivity contribution in [1.82, 2.24) is 9.88 Å². The molecule has 2 N–H and O–H groups in total. The molecule has 2 amide bonds. The van der Waals surface area contributed by atoms with Crippen molar-refractivity contribution in [2.75, 3.05) is 18.4 Å². The summed E-state index contributed by atoms with van der Waals surface area (Å²) in [7, 11) is 0. The molecule has 1 aliphatic heterocycles. The fourth-order valence-corrected chi connectivity index (χ4v) is 3.14. The minimum absolute atomic E-state index is 0.241. The predicted molar refractivity (Wildman–Crippen MR) is 90.4 cm³/mol. The molecule has 6 nitrogen and oxygen atoms in total. The number of para-hydroxylation sites is 1. The first-order valence-corrected chi connectivity index (χ1v) is 8.17. The fraction of sp³-hybridized carbons (Fsp3) is 0.312. The van der Waals surface area contributed by atoms with Gasteiger partial charge >= 0.3 is 12.0 Å². The van der Waals surface area contributed by atoms with Crippen LogP contribution in [0.5, 0.6) is 0 Å². The molecule has 1 aromatic carbocycles. The van der Waals surface area contributed by atoms with Crippen LogP contribution in [0.1, 0.15) is 12.8 Å². The van der Waals surface area contributed by atoms with E-state index in [9.17, 15) is 9.59 Å². The van der Waals surface area contributed by atoms with Gasteiger partial charge in [-0.25, -0.2) is 4.79 Å². The Hall–Kier alpha value is -2.15. The number of carbonyl (C=O) groups excluding carboxylic acids is 1. The van der Waals surface area contributed by atoms with E-state index >= 15 is 0 Å². The number of rotatable bonds is 2. The molecule has 0 spiro atoms. The van der Waals surface area contributed by atoms with Crippen molar-refractivity contribution < 1.29 is 14.7 Å². The molecule has 2 aromatic rings. The van der Waals surface area contributed by atoms with Gasteiger partial charge in [0.05, 0.1) is 17.1 Å². The van der Waals surface area contributed by atoms with Crippen LogP contribution in [-0.4, -0.2) is 40.1 Å². The third-order valence-electron chi connectivity index (χ3n) is 3.98. The maximum Gasteiger partial charge on any atom is 0.321 e. The second-order valence-electron chi connectivity index (χ2n) is 5.58. The number of aliphatic carboxylic acids is 1. The summed E-state index contributed by atoms with van der Waals surface area (Å²) in [5, 5.41) is 12.9. The molecule has 1 atom stereocenters. The van der Waals surface area contributed by atoms with Crippen LogP contribution in [-0.2, 0) is 4.79 Å². The van der Waals surface area contributed by atoms with Gasteiger partial charge in [0.2, 0.25) is 0 Å². The van der Waals surface area contributed by atoms with E-state index < -0.39 is 11.9 Å². The molecule has 23 heavy (non-hydrogen) atoms. The van der Waals surface area contributed by atoms with Crippen LogP contribution in [0.3, 0.4) is 0 Å². The van der Waals surface area contributed by atoms with Gasteiger partial charge in [-0.3, -0.25) is 9.78 Å². The van der Waals surface area contributed by atoms with Crippen LogP contribution in [0.2, 0.25) is 0 Å². The van der Waals surface area contributed by atoms with E-state index in [0.717, 1.165) is 9.86 Å². The summed E-state index contributed by atoms with van der Waals surface area (Å²) in [4.78, 5) is 29.4. The highest BCUT2D eigenvalue weighted by molar-refractivity contribution is 9.10. The van der Waals surface area contributed by atoms with Crippen LogP contribution >= 0.6 is 15.9 Å². The zero-order valence-electron chi connectivity index (χ0n) is 12.3. The Morgan fingerprint density at radius 1 is 1.39 bits per heavy atom. The van der Waals surface area contributed by atoms with E-state index in [1.165, 1.54) is 0 Å². The van der Waals surface area contributed by atoms with Crippen molar-refractivity contribution in [3.8, 4) is 0 Å². The molecule has 0 saturated carbocycles. The van der Waals surface area contributed by atoms with Crippen LogP contribution in [0.4, 0.5) is 10.5 Å². The Balaban J connectivity index is 1.79. The van der Waals surface area contributed by atoms with Gasteiger partial charge in [-0.15, -0.1) is 0 Å². The fourth-order valence-electron chi connectivity index (χ4n) is 2.79. The van der Waals surface area contributed by atoms with Gasteiger partial charge in [-0.1, -0.05) is 12.1 Å². The number of hydrogen-bond acceptors (Lipinski definition) is 3. The molecule has 0 bridgehead atoms. The Labute approximate surface area is 141 Å². The second-order valence-corrected chi connectivity index (χ2v) is 6.50. The minimum atomic E-state index is -0.848. The SMILES string of the molecule is O=C(O)C1CCCN(C(=O)Nc2cccc3cc(Br)cnc23)C1. The summed E-state index contributed by atoms with van der Waals surface area (Å²) in [6.45, 7) is 0.810. The summed E-state index contributed by atoms with van der Waals surface area (Å²) < 4.78 is 0.869. The molecule has 7 heteroatoms. The molecular formula is C16H16BrN3O3. The largest absolute Gasteiger partial charge is 0.481 e. The number of hydrogen-bond donors (Lipinski definition) is 2. The first kappa shape index (κ1) is 15.7. The molecule has 1 saturated heterocycles. The molecule has 2 heterocycles. The number of piperidine rings is 1. The number of aromatic nitrogens is 1. The lowest BCUT2D eigenvalue weighted by Gasteiger charge is -2.30. The molecule has 120 valence electrons. The van der Waals surface area contributed by atoms with Crippen LogP contribution in [0.15, 0.2) is 34.9 Å². The predicted octanol–water partition coefficient (Wildman–Crippen LogP) is 3.33. The smallest absolute Gasteiger partial charge is 0.321 e. The maximum absolute atomic E-state index is 12.4. The van der Waals surface area contributed by atoms with Crippen molar-refractivity contribution in [2.24, 2.45) is 5.92 Å². The highest BCUT2D eigenvalue weighted by atomic mass is 79.9. The lowest BCUT2D eigenvalue weighted by Crippen LogP contribution is -2.44.